The maximum Gasteiger partial charge on any atom is 0.00954 e. The summed E-state index contributed by atoms with van der Waals surface area (Å²) in [4.78, 5) is 0. The van der Waals surface area contributed by atoms with Gasteiger partial charge in [-0.2, -0.15) is 0 Å². The third kappa shape index (κ3) is 5.85. The van der Waals surface area contributed by atoms with Crippen LogP contribution < -0.4 is 5.32 Å². The Balaban J connectivity index is 2.48. The van der Waals surface area contributed by atoms with Gasteiger partial charge < -0.3 is 5.32 Å². The SMILES string of the molecule is CCCCCCC1CC(C(C)(C)C)CCC1NCC. The Kier molecular flexibility index (Phi) is 7.42. The monoisotopic (exact) mass is 267 g/mol. The van der Waals surface area contributed by atoms with E-state index in [4.69, 9.17) is 0 Å². The van der Waals surface area contributed by atoms with Crippen LogP contribution in [-0.4, -0.2) is 12.6 Å². The highest BCUT2D eigenvalue weighted by molar-refractivity contribution is 4.88. The van der Waals surface area contributed by atoms with Gasteiger partial charge in [-0.1, -0.05) is 60.3 Å². The van der Waals surface area contributed by atoms with E-state index in [-0.39, 0.29) is 0 Å². The van der Waals surface area contributed by atoms with Crippen molar-refractivity contribution in [3.05, 3.63) is 0 Å². The summed E-state index contributed by atoms with van der Waals surface area (Å²) < 4.78 is 0. The Hall–Kier alpha value is -0.0400. The molecule has 0 radical (unpaired) electrons. The van der Waals surface area contributed by atoms with Gasteiger partial charge in [-0.25, -0.2) is 0 Å². The molecule has 0 amide bonds. The molecule has 0 heterocycles. The van der Waals surface area contributed by atoms with Crippen molar-refractivity contribution in [1.82, 2.24) is 5.32 Å². The predicted octanol–water partition coefficient (Wildman–Crippen LogP) is 5.40. The average Bonchev–Trinajstić information content (AvgIpc) is 2.35. The second-order valence-electron chi connectivity index (χ2n) is 7.65. The topological polar surface area (TPSA) is 12.0 Å². The fourth-order valence-corrected chi connectivity index (χ4v) is 3.73. The fraction of sp³-hybridized carbons (Fsp3) is 1.00. The molecule has 1 saturated carbocycles. The van der Waals surface area contributed by atoms with Crippen LogP contribution in [0.5, 0.6) is 0 Å². The number of rotatable bonds is 7. The Morgan fingerprint density at radius 3 is 2.32 bits per heavy atom. The molecule has 19 heavy (non-hydrogen) atoms. The average molecular weight is 268 g/mol. The van der Waals surface area contributed by atoms with Gasteiger partial charge in [-0.3, -0.25) is 0 Å². The number of hydrogen-bond donors (Lipinski definition) is 1. The highest BCUT2D eigenvalue weighted by atomic mass is 14.9. The summed E-state index contributed by atoms with van der Waals surface area (Å²) in [6.07, 6.45) is 11.4. The van der Waals surface area contributed by atoms with Crippen molar-refractivity contribution in [2.75, 3.05) is 6.54 Å². The van der Waals surface area contributed by atoms with E-state index >= 15 is 0 Å². The molecular weight excluding hydrogens is 230 g/mol. The summed E-state index contributed by atoms with van der Waals surface area (Å²) in [6.45, 7) is 13.0. The molecule has 1 nitrogen and oxygen atoms in total. The van der Waals surface area contributed by atoms with Gasteiger partial charge in [0, 0.05) is 6.04 Å². The van der Waals surface area contributed by atoms with Gasteiger partial charge in [-0.05, 0) is 49.5 Å². The largest absolute Gasteiger partial charge is 0.314 e. The highest BCUT2D eigenvalue weighted by Gasteiger charge is 2.34. The molecule has 1 aliphatic carbocycles. The van der Waals surface area contributed by atoms with Crippen molar-refractivity contribution in [3.8, 4) is 0 Å². The highest BCUT2D eigenvalue weighted by Crippen LogP contribution is 2.41. The second-order valence-corrected chi connectivity index (χ2v) is 7.65. The van der Waals surface area contributed by atoms with Gasteiger partial charge in [0.2, 0.25) is 0 Å². The molecule has 0 saturated heterocycles. The van der Waals surface area contributed by atoms with Gasteiger partial charge >= 0.3 is 0 Å². The van der Waals surface area contributed by atoms with Crippen LogP contribution in [0.3, 0.4) is 0 Å². The van der Waals surface area contributed by atoms with E-state index in [0.717, 1.165) is 24.4 Å². The summed E-state index contributed by atoms with van der Waals surface area (Å²) in [5.74, 6) is 1.85. The molecular formula is C18H37N. The molecule has 1 N–H and O–H groups in total. The van der Waals surface area contributed by atoms with Gasteiger partial charge in [-0.15, -0.1) is 0 Å². The van der Waals surface area contributed by atoms with E-state index in [9.17, 15) is 0 Å². The standard InChI is InChI=1S/C18H37N/c1-6-8-9-10-11-15-14-16(18(3,4)5)12-13-17(15)19-7-2/h15-17,19H,6-14H2,1-5H3. The molecule has 0 aromatic carbocycles. The van der Waals surface area contributed by atoms with Crippen molar-refractivity contribution in [2.24, 2.45) is 17.3 Å². The molecule has 114 valence electrons. The van der Waals surface area contributed by atoms with Crippen molar-refractivity contribution < 1.29 is 0 Å². The van der Waals surface area contributed by atoms with E-state index in [1.807, 2.05) is 0 Å². The van der Waals surface area contributed by atoms with Crippen LogP contribution in [0, 0.1) is 17.3 Å². The molecule has 1 fully saturated rings. The van der Waals surface area contributed by atoms with Crippen LogP contribution in [0.25, 0.3) is 0 Å². The van der Waals surface area contributed by atoms with Gasteiger partial charge in [0.1, 0.15) is 0 Å². The molecule has 3 unspecified atom stereocenters. The first-order valence-corrected chi connectivity index (χ1v) is 8.72. The summed E-state index contributed by atoms with van der Waals surface area (Å²) in [5.41, 5.74) is 0.499. The molecule has 0 aliphatic heterocycles. The normalized spacial score (nSPS) is 28.6. The van der Waals surface area contributed by atoms with Crippen LogP contribution in [0.4, 0.5) is 0 Å². The van der Waals surface area contributed by atoms with Crippen LogP contribution in [0.1, 0.15) is 86.0 Å². The molecule has 0 spiro atoms. The maximum atomic E-state index is 3.75. The predicted molar refractivity (Wildman–Crippen MR) is 86.5 cm³/mol. The van der Waals surface area contributed by atoms with Gasteiger partial charge in [0.25, 0.3) is 0 Å². The quantitative estimate of drug-likeness (QED) is 0.609. The third-order valence-corrected chi connectivity index (χ3v) is 5.10. The maximum absolute atomic E-state index is 3.75. The van der Waals surface area contributed by atoms with E-state index in [1.54, 1.807) is 0 Å². The lowest BCUT2D eigenvalue weighted by atomic mass is 9.66. The van der Waals surface area contributed by atoms with Gasteiger partial charge in [0.05, 0.1) is 0 Å². The lowest BCUT2D eigenvalue weighted by Crippen LogP contribution is -2.42. The van der Waals surface area contributed by atoms with Crippen molar-refractivity contribution in [1.29, 1.82) is 0 Å². The minimum Gasteiger partial charge on any atom is -0.314 e. The Bertz CT molecular complexity index is 228. The smallest absolute Gasteiger partial charge is 0.00954 e. The van der Waals surface area contributed by atoms with E-state index in [2.05, 4.69) is 39.9 Å². The van der Waals surface area contributed by atoms with E-state index in [1.165, 1.54) is 51.4 Å². The minimum atomic E-state index is 0.499. The summed E-state index contributed by atoms with van der Waals surface area (Å²) >= 11 is 0. The van der Waals surface area contributed by atoms with Gasteiger partial charge in [0.15, 0.2) is 0 Å². The Morgan fingerprint density at radius 1 is 1.00 bits per heavy atom. The van der Waals surface area contributed by atoms with Crippen LogP contribution in [0.15, 0.2) is 0 Å². The molecule has 0 aromatic rings. The van der Waals surface area contributed by atoms with E-state index in [0.29, 0.717) is 5.41 Å². The molecule has 0 aromatic heterocycles. The number of hydrogen-bond acceptors (Lipinski definition) is 1. The fourth-order valence-electron chi connectivity index (χ4n) is 3.73. The number of unbranched alkanes of at least 4 members (excludes halogenated alkanes) is 3. The summed E-state index contributed by atoms with van der Waals surface area (Å²) in [7, 11) is 0. The second kappa shape index (κ2) is 8.29. The third-order valence-electron chi connectivity index (χ3n) is 5.10. The lowest BCUT2D eigenvalue weighted by molar-refractivity contribution is 0.108. The van der Waals surface area contributed by atoms with Crippen LogP contribution in [-0.2, 0) is 0 Å². The Labute approximate surface area is 121 Å². The summed E-state index contributed by atoms with van der Waals surface area (Å²) in [6, 6.07) is 0.797. The summed E-state index contributed by atoms with van der Waals surface area (Å²) in [5, 5.41) is 3.75. The Morgan fingerprint density at radius 2 is 1.74 bits per heavy atom. The van der Waals surface area contributed by atoms with Crippen molar-refractivity contribution in [3.63, 3.8) is 0 Å². The lowest BCUT2D eigenvalue weighted by Gasteiger charge is -2.42. The molecule has 1 aliphatic rings. The van der Waals surface area contributed by atoms with Crippen LogP contribution >= 0.6 is 0 Å². The van der Waals surface area contributed by atoms with Crippen LogP contribution in [0.2, 0.25) is 0 Å². The first-order chi connectivity index (χ1) is 8.99. The minimum absolute atomic E-state index is 0.499. The first kappa shape index (κ1) is 17.0. The molecule has 1 rings (SSSR count). The van der Waals surface area contributed by atoms with Crippen molar-refractivity contribution >= 4 is 0 Å². The molecule has 1 heteroatoms. The first-order valence-electron chi connectivity index (χ1n) is 8.72. The zero-order chi connectivity index (χ0) is 14.3. The number of nitrogens with one attached hydrogen (secondary N) is 1. The molecule has 0 bridgehead atoms. The molecule has 3 atom stereocenters. The van der Waals surface area contributed by atoms with Crippen molar-refractivity contribution in [2.45, 2.75) is 92.0 Å². The van der Waals surface area contributed by atoms with E-state index < -0.39 is 0 Å². The zero-order valence-electron chi connectivity index (χ0n) is 14.1. The zero-order valence-corrected chi connectivity index (χ0v) is 14.1.